The van der Waals surface area contributed by atoms with Gasteiger partial charge in [0.05, 0.1) is 0 Å². The van der Waals surface area contributed by atoms with E-state index in [1.165, 1.54) is 49.3 Å². The molecule has 0 amide bonds. The van der Waals surface area contributed by atoms with Crippen molar-refractivity contribution in [2.75, 3.05) is 12.4 Å². The first-order chi connectivity index (χ1) is 13.1. The Hall–Kier alpha value is -1.46. The zero-order chi connectivity index (χ0) is 21.3. The van der Waals surface area contributed by atoms with Crippen LogP contribution in [0.25, 0.3) is 0 Å². The van der Waals surface area contributed by atoms with E-state index in [2.05, 4.69) is 0 Å². The molecular weight excluding hydrogens is 412 g/mol. The van der Waals surface area contributed by atoms with Gasteiger partial charge in [-0.2, -0.15) is 0 Å². The van der Waals surface area contributed by atoms with Crippen molar-refractivity contribution in [3.63, 3.8) is 0 Å². The number of carbonyl (C=O) groups is 4. The van der Waals surface area contributed by atoms with Crippen LogP contribution in [0.2, 0.25) is 0 Å². The van der Waals surface area contributed by atoms with Crippen LogP contribution < -0.4 is 0 Å². The molecule has 0 aromatic carbocycles. The lowest BCUT2D eigenvalue weighted by Gasteiger charge is -2.43. The van der Waals surface area contributed by atoms with Crippen molar-refractivity contribution in [2.45, 2.75) is 70.9 Å². The van der Waals surface area contributed by atoms with E-state index in [9.17, 15) is 19.2 Å². The largest absolute Gasteiger partial charge is 0.463 e. The molecule has 0 unspecified atom stereocenters. The topological polar surface area (TPSA) is 114 Å². The number of ether oxygens (including phenoxy) is 5. The number of rotatable bonds is 9. The molecule has 0 aliphatic carbocycles. The number of esters is 4. The predicted molar refractivity (Wildman–Crippen MR) is 102 cm³/mol. The van der Waals surface area contributed by atoms with Gasteiger partial charge in [-0.15, -0.1) is 0 Å². The second-order valence-corrected chi connectivity index (χ2v) is 8.57. The predicted octanol–water partition coefficient (Wildman–Crippen LogP) is 1.86. The lowest BCUT2D eigenvalue weighted by Crippen LogP contribution is -2.61. The third kappa shape index (κ3) is 8.27. The van der Waals surface area contributed by atoms with E-state index >= 15 is 0 Å². The van der Waals surface area contributed by atoms with Crippen LogP contribution in [0.5, 0.6) is 0 Å². The van der Waals surface area contributed by atoms with E-state index in [0.29, 0.717) is 0 Å². The molecule has 0 N–H and O–H groups in total. The van der Waals surface area contributed by atoms with Gasteiger partial charge in [-0.25, -0.2) is 0 Å². The normalized spacial score (nSPS) is 26.8. The highest BCUT2D eigenvalue weighted by Gasteiger charge is 2.52. The molecule has 0 aromatic heterocycles. The van der Waals surface area contributed by atoms with Gasteiger partial charge in [0.25, 0.3) is 0 Å². The van der Waals surface area contributed by atoms with Gasteiger partial charge in [0, 0.05) is 33.4 Å². The minimum atomic E-state index is -1.11. The maximum Gasteiger partial charge on any atom is 0.303 e. The molecule has 160 valence electrons. The highest BCUT2D eigenvalue weighted by Crippen LogP contribution is 2.39. The van der Waals surface area contributed by atoms with Crippen LogP contribution in [-0.4, -0.2) is 66.1 Å². The Kier molecular flexibility index (Phi) is 10.7. The zero-order valence-corrected chi connectivity index (χ0v) is 18.1. The van der Waals surface area contributed by atoms with Gasteiger partial charge >= 0.3 is 23.9 Å². The smallest absolute Gasteiger partial charge is 0.303 e. The molecule has 0 bridgehead atoms. The Morgan fingerprint density at radius 3 is 1.86 bits per heavy atom. The third-order valence-electron chi connectivity index (χ3n) is 3.40. The van der Waals surface area contributed by atoms with E-state index in [-0.39, 0.29) is 6.61 Å². The first-order valence-electron chi connectivity index (χ1n) is 8.74. The summed E-state index contributed by atoms with van der Waals surface area (Å²) in [5.41, 5.74) is -0.725. The van der Waals surface area contributed by atoms with Gasteiger partial charge in [-0.05, 0) is 6.42 Å². The summed E-state index contributed by atoms with van der Waals surface area (Å²) in [4.78, 5) is 46.1. The molecule has 0 saturated carbocycles. The molecule has 0 aromatic rings. The molecule has 0 radical (unpaired) electrons. The summed E-state index contributed by atoms with van der Waals surface area (Å²) in [5, 5.41) is 0. The molecule has 1 fully saturated rings. The van der Waals surface area contributed by atoms with E-state index < -0.39 is 53.7 Å². The molecule has 0 spiro atoms. The van der Waals surface area contributed by atoms with Crippen molar-refractivity contribution in [2.24, 2.45) is 0 Å². The van der Waals surface area contributed by atoms with Crippen molar-refractivity contribution in [3.05, 3.63) is 0 Å². The second-order valence-electron chi connectivity index (χ2n) is 5.99. The molecule has 1 aliphatic rings. The van der Waals surface area contributed by atoms with Crippen LogP contribution in [0.4, 0.5) is 0 Å². The molecule has 1 heterocycles. The van der Waals surface area contributed by atoms with Gasteiger partial charge < -0.3 is 23.7 Å². The fraction of sp³-hybridized carbons (Fsp3) is 0.765. The quantitative estimate of drug-likeness (QED) is 0.227. The lowest BCUT2D eigenvalue weighted by molar-refractivity contribution is -0.237. The summed E-state index contributed by atoms with van der Waals surface area (Å²) in [5.74, 6) is -1.61. The van der Waals surface area contributed by atoms with E-state index in [1.807, 2.05) is 6.92 Å². The van der Waals surface area contributed by atoms with Gasteiger partial charge in [0.1, 0.15) is 12.7 Å². The fourth-order valence-corrected chi connectivity index (χ4v) is 5.03. The van der Waals surface area contributed by atoms with Crippen LogP contribution in [0.1, 0.15) is 41.0 Å². The van der Waals surface area contributed by atoms with E-state index in [1.54, 1.807) is 0 Å². The molecule has 28 heavy (non-hydrogen) atoms. The van der Waals surface area contributed by atoms with Gasteiger partial charge in [-0.3, -0.25) is 19.2 Å². The van der Waals surface area contributed by atoms with Crippen LogP contribution in [0.3, 0.4) is 0 Å². The Labute approximate surface area is 171 Å². The summed E-state index contributed by atoms with van der Waals surface area (Å²) in [6, 6.07) is 0. The summed E-state index contributed by atoms with van der Waals surface area (Å²) in [6.45, 7) is 6.64. The van der Waals surface area contributed by atoms with E-state index in [0.717, 1.165) is 12.2 Å². The average Bonchev–Trinajstić information content (AvgIpc) is 2.57. The standard InChI is InChI=1S/C17H26O9S2/c1-6-7-27-28-17-16(25-12(5)21)15(24-11(4)20)14(23-10(3)19)13(26-17)8-22-9(2)18/h13-17H,6-8H2,1-5H3/t13-,14-,15+,16-,17+/m1/s1. The van der Waals surface area contributed by atoms with Crippen LogP contribution >= 0.6 is 21.6 Å². The van der Waals surface area contributed by atoms with Crippen molar-refractivity contribution >= 4 is 45.5 Å². The number of hydrogen-bond donors (Lipinski definition) is 0. The molecule has 9 nitrogen and oxygen atoms in total. The SMILES string of the molecule is CCCSS[C@@H]1O[C@H](COC(C)=O)[C@@H](OC(C)=O)[C@H](OC(C)=O)[C@H]1OC(C)=O. The minimum Gasteiger partial charge on any atom is -0.463 e. The summed E-state index contributed by atoms with van der Waals surface area (Å²) in [7, 11) is 2.80. The van der Waals surface area contributed by atoms with Gasteiger partial charge in [0.2, 0.25) is 0 Å². The second kappa shape index (κ2) is 12.2. The maximum atomic E-state index is 11.7. The summed E-state index contributed by atoms with van der Waals surface area (Å²) >= 11 is 0. The number of hydrogen-bond acceptors (Lipinski definition) is 11. The molecule has 1 saturated heterocycles. The van der Waals surface area contributed by atoms with Crippen molar-refractivity contribution < 1.29 is 42.9 Å². The highest BCUT2D eigenvalue weighted by atomic mass is 33.1. The number of carbonyl (C=O) groups excluding carboxylic acids is 4. The first kappa shape index (κ1) is 24.6. The highest BCUT2D eigenvalue weighted by molar-refractivity contribution is 8.76. The molecule has 5 atom stereocenters. The van der Waals surface area contributed by atoms with Gasteiger partial charge in [-0.1, -0.05) is 28.5 Å². The monoisotopic (exact) mass is 438 g/mol. The van der Waals surface area contributed by atoms with Crippen molar-refractivity contribution in [1.82, 2.24) is 0 Å². The Morgan fingerprint density at radius 2 is 1.36 bits per heavy atom. The Balaban J connectivity index is 3.21. The Bertz CT molecular complexity index is 569. The first-order valence-corrected chi connectivity index (χ1v) is 11.1. The fourth-order valence-electron chi connectivity index (χ4n) is 2.46. The van der Waals surface area contributed by atoms with Gasteiger partial charge in [0.15, 0.2) is 23.7 Å². The third-order valence-corrected chi connectivity index (χ3v) is 6.16. The molecule has 11 heteroatoms. The Morgan fingerprint density at radius 1 is 0.821 bits per heavy atom. The molecular formula is C17H26O9S2. The molecule has 1 aliphatic heterocycles. The van der Waals surface area contributed by atoms with Crippen LogP contribution in [0.15, 0.2) is 0 Å². The minimum absolute atomic E-state index is 0.215. The van der Waals surface area contributed by atoms with E-state index in [4.69, 9.17) is 23.7 Å². The lowest BCUT2D eigenvalue weighted by atomic mass is 9.99. The van der Waals surface area contributed by atoms with Crippen LogP contribution in [-0.2, 0) is 42.9 Å². The van der Waals surface area contributed by atoms with Crippen molar-refractivity contribution in [3.8, 4) is 0 Å². The maximum absolute atomic E-state index is 11.7. The zero-order valence-electron chi connectivity index (χ0n) is 16.5. The summed E-state index contributed by atoms with van der Waals surface area (Å²) in [6.07, 6.45) is -3.21. The molecule has 1 rings (SSSR count). The van der Waals surface area contributed by atoms with Crippen LogP contribution in [0, 0.1) is 0 Å². The average molecular weight is 439 g/mol. The van der Waals surface area contributed by atoms with Crippen molar-refractivity contribution in [1.29, 1.82) is 0 Å². The summed E-state index contributed by atoms with van der Waals surface area (Å²) < 4.78 is 27.0.